The van der Waals surface area contributed by atoms with Crippen LogP contribution in [0.5, 0.6) is 0 Å². The Bertz CT molecular complexity index is 1130. The minimum absolute atomic E-state index is 0.0938. The van der Waals surface area contributed by atoms with Gasteiger partial charge in [0.15, 0.2) is 0 Å². The molecule has 2 atom stereocenters. The fourth-order valence-electron chi connectivity index (χ4n) is 3.90. The lowest BCUT2D eigenvalue weighted by atomic mass is 10.0. The van der Waals surface area contributed by atoms with E-state index in [2.05, 4.69) is 10.6 Å². The topological polar surface area (TPSA) is 108 Å². The van der Waals surface area contributed by atoms with Crippen LogP contribution < -0.4 is 10.6 Å². The zero-order valence-corrected chi connectivity index (χ0v) is 20.8. The Labute approximate surface area is 208 Å². The van der Waals surface area contributed by atoms with Crippen LogP contribution in [0.2, 0.25) is 5.02 Å². The second-order valence-corrected chi connectivity index (χ2v) is 9.96. The van der Waals surface area contributed by atoms with E-state index in [4.69, 9.17) is 16.3 Å². The number of aliphatic hydroxyl groups excluding tert-OH is 1. The van der Waals surface area contributed by atoms with Crippen molar-refractivity contribution in [2.45, 2.75) is 45.4 Å². The number of benzene rings is 2. The number of carbonyl (C=O) groups is 3. The van der Waals surface area contributed by atoms with Gasteiger partial charge in [-0.3, -0.25) is 9.59 Å². The molecule has 188 valence electrons. The third-order valence-corrected chi connectivity index (χ3v) is 5.83. The first-order valence-electron chi connectivity index (χ1n) is 11.1. The van der Waals surface area contributed by atoms with Gasteiger partial charge in [-0.2, -0.15) is 0 Å². The van der Waals surface area contributed by atoms with Crippen molar-refractivity contribution in [3.05, 3.63) is 63.9 Å². The highest BCUT2D eigenvalue weighted by atomic mass is 35.5. The Morgan fingerprint density at radius 1 is 1.17 bits per heavy atom. The van der Waals surface area contributed by atoms with E-state index in [1.165, 1.54) is 17.0 Å². The molecule has 0 aromatic heterocycles. The van der Waals surface area contributed by atoms with Crippen LogP contribution in [0.1, 0.15) is 43.5 Å². The van der Waals surface area contributed by atoms with Crippen molar-refractivity contribution < 1.29 is 28.6 Å². The first-order chi connectivity index (χ1) is 16.4. The summed E-state index contributed by atoms with van der Waals surface area (Å²) in [6.45, 7) is 5.52. The molecule has 3 N–H and O–H groups in total. The van der Waals surface area contributed by atoms with Gasteiger partial charge in [-0.1, -0.05) is 29.8 Å². The maximum Gasteiger partial charge on any atom is 0.410 e. The molecule has 0 aliphatic heterocycles. The summed E-state index contributed by atoms with van der Waals surface area (Å²) in [6.07, 6.45) is 0.0492. The van der Waals surface area contributed by atoms with E-state index >= 15 is 0 Å². The van der Waals surface area contributed by atoms with Crippen LogP contribution in [0, 0.1) is 11.7 Å². The van der Waals surface area contributed by atoms with Crippen molar-refractivity contribution in [3.63, 3.8) is 0 Å². The number of hydrogen-bond donors (Lipinski definition) is 3. The smallest absolute Gasteiger partial charge is 0.410 e. The molecule has 8 nitrogen and oxygen atoms in total. The van der Waals surface area contributed by atoms with Crippen molar-refractivity contribution in [2.24, 2.45) is 5.92 Å². The summed E-state index contributed by atoms with van der Waals surface area (Å²) in [5.74, 6) is -2.92. The molecule has 0 radical (unpaired) electrons. The van der Waals surface area contributed by atoms with Gasteiger partial charge < -0.3 is 25.4 Å². The van der Waals surface area contributed by atoms with Gasteiger partial charge in [-0.25, -0.2) is 9.18 Å². The van der Waals surface area contributed by atoms with Crippen LogP contribution in [-0.4, -0.2) is 47.2 Å². The highest BCUT2D eigenvalue weighted by molar-refractivity contribution is 6.39. The van der Waals surface area contributed by atoms with Crippen molar-refractivity contribution in [1.29, 1.82) is 0 Å². The molecule has 10 heteroatoms. The van der Waals surface area contributed by atoms with Crippen LogP contribution in [0.25, 0.3) is 0 Å². The summed E-state index contributed by atoms with van der Waals surface area (Å²) in [6, 6.07) is 8.67. The molecule has 0 bridgehead atoms. The van der Waals surface area contributed by atoms with Crippen LogP contribution in [-0.2, 0) is 27.3 Å². The lowest BCUT2D eigenvalue weighted by molar-refractivity contribution is -0.136. The van der Waals surface area contributed by atoms with Gasteiger partial charge in [0.25, 0.3) is 0 Å². The highest BCUT2D eigenvalue weighted by Crippen LogP contribution is 2.36. The molecule has 2 aromatic carbocycles. The number of anilines is 1. The van der Waals surface area contributed by atoms with E-state index in [0.717, 1.165) is 22.8 Å². The summed E-state index contributed by atoms with van der Waals surface area (Å²) in [5, 5.41) is 14.8. The van der Waals surface area contributed by atoms with Gasteiger partial charge in [0, 0.05) is 31.8 Å². The molecule has 0 heterocycles. The lowest BCUT2D eigenvalue weighted by Gasteiger charge is -2.25. The van der Waals surface area contributed by atoms with E-state index < -0.39 is 35.4 Å². The number of amides is 3. The van der Waals surface area contributed by atoms with Gasteiger partial charge in [0.2, 0.25) is 0 Å². The van der Waals surface area contributed by atoms with Crippen molar-refractivity contribution >= 4 is 35.2 Å². The first kappa shape index (κ1) is 26.4. The Morgan fingerprint density at radius 3 is 2.51 bits per heavy atom. The standard InChI is InChI=1S/C25H29ClFN3O5/c1-25(2,3)35-24(34)30(4)12-14-5-7-18-15(9-14)10-16(13-31)21(18)29-23(33)22(32)28-17-6-8-19(26)20(27)11-17/h5-9,11,16,21,31H,10,12-13H2,1-4H3,(H,28,32)(H,29,33)/t16-,21-/m1/s1. The Hall–Kier alpha value is -3.17. The Kier molecular flexibility index (Phi) is 8.02. The Morgan fingerprint density at radius 2 is 1.89 bits per heavy atom. The third kappa shape index (κ3) is 6.70. The van der Waals surface area contributed by atoms with Gasteiger partial charge in [-0.15, -0.1) is 0 Å². The molecule has 1 aliphatic rings. The van der Waals surface area contributed by atoms with Crippen LogP contribution in [0.3, 0.4) is 0 Å². The maximum atomic E-state index is 13.6. The second-order valence-electron chi connectivity index (χ2n) is 9.55. The molecule has 2 aromatic rings. The minimum atomic E-state index is -0.965. The molecular formula is C25H29ClFN3O5. The van der Waals surface area contributed by atoms with Gasteiger partial charge in [0.1, 0.15) is 11.4 Å². The zero-order chi connectivity index (χ0) is 25.9. The number of aliphatic hydroxyl groups is 1. The van der Waals surface area contributed by atoms with Gasteiger partial charge in [-0.05, 0) is 62.1 Å². The van der Waals surface area contributed by atoms with Crippen LogP contribution >= 0.6 is 11.6 Å². The summed E-state index contributed by atoms with van der Waals surface area (Å²) in [4.78, 5) is 38.6. The maximum absolute atomic E-state index is 13.6. The van der Waals surface area contributed by atoms with Gasteiger partial charge in [0.05, 0.1) is 11.1 Å². The SMILES string of the molecule is CN(Cc1ccc2c(c1)C[C@H](CO)[C@H]2NC(=O)C(=O)Nc1ccc(Cl)c(F)c1)C(=O)OC(C)(C)C. The summed E-state index contributed by atoms with van der Waals surface area (Å²) in [7, 11) is 1.64. The highest BCUT2D eigenvalue weighted by Gasteiger charge is 2.34. The number of halogens is 2. The number of nitrogens with zero attached hydrogens (tertiary/aromatic N) is 1. The normalized spacial score (nSPS) is 16.9. The molecule has 35 heavy (non-hydrogen) atoms. The average molecular weight is 506 g/mol. The molecule has 0 unspecified atom stereocenters. The molecular weight excluding hydrogens is 477 g/mol. The van der Waals surface area contributed by atoms with Gasteiger partial charge >= 0.3 is 17.9 Å². The van der Waals surface area contributed by atoms with Crippen molar-refractivity contribution in [2.75, 3.05) is 19.0 Å². The van der Waals surface area contributed by atoms with Crippen molar-refractivity contribution in [1.82, 2.24) is 10.2 Å². The molecule has 1 aliphatic carbocycles. The lowest BCUT2D eigenvalue weighted by Crippen LogP contribution is -2.40. The van der Waals surface area contributed by atoms with E-state index in [1.54, 1.807) is 27.8 Å². The monoisotopic (exact) mass is 505 g/mol. The van der Waals surface area contributed by atoms with E-state index in [0.29, 0.717) is 13.0 Å². The molecule has 0 saturated heterocycles. The fraction of sp³-hybridized carbons (Fsp3) is 0.400. The average Bonchev–Trinajstić information content (AvgIpc) is 3.11. The Balaban J connectivity index is 1.68. The molecule has 0 spiro atoms. The van der Waals surface area contributed by atoms with Crippen LogP contribution in [0.15, 0.2) is 36.4 Å². The van der Waals surface area contributed by atoms with E-state index in [-0.39, 0.29) is 23.2 Å². The second kappa shape index (κ2) is 10.6. The summed E-state index contributed by atoms with van der Waals surface area (Å²) < 4.78 is 19.0. The fourth-order valence-corrected chi connectivity index (χ4v) is 4.02. The predicted molar refractivity (Wildman–Crippen MR) is 129 cm³/mol. The van der Waals surface area contributed by atoms with E-state index in [9.17, 15) is 23.9 Å². The summed E-state index contributed by atoms with van der Waals surface area (Å²) >= 11 is 5.64. The minimum Gasteiger partial charge on any atom is -0.444 e. The molecule has 3 amide bonds. The predicted octanol–water partition coefficient (Wildman–Crippen LogP) is 3.81. The zero-order valence-electron chi connectivity index (χ0n) is 20.0. The first-order valence-corrected chi connectivity index (χ1v) is 11.5. The largest absolute Gasteiger partial charge is 0.444 e. The number of nitrogens with one attached hydrogen (secondary N) is 2. The van der Waals surface area contributed by atoms with Crippen molar-refractivity contribution in [3.8, 4) is 0 Å². The number of carbonyl (C=O) groups excluding carboxylic acids is 3. The molecule has 0 saturated carbocycles. The number of hydrogen-bond acceptors (Lipinski definition) is 5. The van der Waals surface area contributed by atoms with Crippen LogP contribution in [0.4, 0.5) is 14.9 Å². The third-order valence-electron chi connectivity index (χ3n) is 5.53. The summed E-state index contributed by atoms with van der Waals surface area (Å²) in [5.41, 5.74) is 2.05. The van der Waals surface area contributed by atoms with E-state index in [1.807, 2.05) is 18.2 Å². The number of fused-ring (bicyclic) bond motifs is 1. The quantitative estimate of drug-likeness (QED) is 0.536. The number of ether oxygens (including phenoxy) is 1. The molecule has 3 rings (SSSR count). The molecule has 0 fully saturated rings. The number of rotatable bonds is 5.